The first kappa shape index (κ1) is 20.7. The van der Waals surface area contributed by atoms with Gasteiger partial charge in [0.1, 0.15) is 12.4 Å². The van der Waals surface area contributed by atoms with Crippen LogP contribution >= 0.6 is 11.6 Å². The molecule has 2 aromatic rings. The fourth-order valence-electron chi connectivity index (χ4n) is 4.17. The van der Waals surface area contributed by atoms with Crippen LogP contribution in [-0.4, -0.2) is 24.5 Å². The van der Waals surface area contributed by atoms with E-state index in [9.17, 15) is 9.59 Å². The summed E-state index contributed by atoms with van der Waals surface area (Å²) >= 11 is 5.88. The van der Waals surface area contributed by atoms with E-state index in [1.54, 1.807) is 24.3 Å². The summed E-state index contributed by atoms with van der Waals surface area (Å²) in [5.74, 6) is 1.18. The number of anilines is 1. The SMILES string of the molecule is CC1CCC(NC(=O)[C@H]2COc3ccc(NC(=O)c4ccc(Cl)cc4)cc3C2)CC1. The van der Waals surface area contributed by atoms with Gasteiger partial charge in [0.2, 0.25) is 5.91 Å². The molecule has 2 amide bonds. The summed E-state index contributed by atoms with van der Waals surface area (Å²) in [6.45, 7) is 2.66. The molecule has 0 saturated heterocycles. The summed E-state index contributed by atoms with van der Waals surface area (Å²) in [6.07, 6.45) is 5.06. The molecule has 2 N–H and O–H groups in total. The average Bonchev–Trinajstić information content (AvgIpc) is 2.75. The van der Waals surface area contributed by atoms with Crippen LogP contribution in [0.1, 0.15) is 48.5 Å². The molecule has 1 heterocycles. The fourth-order valence-corrected chi connectivity index (χ4v) is 4.29. The lowest BCUT2D eigenvalue weighted by Gasteiger charge is -2.30. The van der Waals surface area contributed by atoms with Gasteiger partial charge in [0.05, 0.1) is 5.92 Å². The van der Waals surface area contributed by atoms with Crippen molar-refractivity contribution in [2.24, 2.45) is 11.8 Å². The second-order valence-electron chi connectivity index (χ2n) is 8.46. The van der Waals surface area contributed by atoms with E-state index in [2.05, 4.69) is 17.6 Å². The predicted octanol–water partition coefficient (Wildman–Crippen LogP) is 4.84. The van der Waals surface area contributed by atoms with Crippen molar-refractivity contribution in [2.45, 2.75) is 45.1 Å². The smallest absolute Gasteiger partial charge is 0.255 e. The maximum Gasteiger partial charge on any atom is 0.255 e. The highest BCUT2D eigenvalue weighted by atomic mass is 35.5. The first-order valence-corrected chi connectivity index (χ1v) is 11.0. The number of nitrogens with one attached hydrogen (secondary N) is 2. The van der Waals surface area contributed by atoms with Gasteiger partial charge in [0.25, 0.3) is 5.91 Å². The number of carbonyl (C=O) groups excluding carboxylic acids is 2. The third-order valence-electron chi connectivity index (χ3n) is 6.06. The molecular formula is C24H27ClN2O3. The number of ether oxygens (including phenoxy) is 1. The molecule has 0 spiro atoms. The zero-order valence-corrected chi connectivity index (χ0v) is 17.9. The Morgan fingerprint density at radius 1 is 1.03 bits per heavy atom. The van der Waals surface area contributed by atoms with Gasteiger partial charge >= 0.3 is 0 Å². The number of fused-ring (bicyclic) bond motifs is 1. The molecule has 2 aliphatic rings. The summed E-state index contributed by atoms with van der Waals surface area (Å²) in [5.41, 5.74) is 2.15. The molecular weight excluding hydrogens is 400 g/mol. The number of hydrogen-bond acceptors (Lipinski definition) is 3. The quantitative estimate of drug-likeness (QED) is 0.735. The summed E-state index contributed by atoms with van der Waals surface area (Å²) in [7, 11) is 0. The van der Waals surface area contributed by atoms with Crippen molar-refractivity contribution < 1.29 is 14.3 Å². The van der Waals surface area contributed by atoms with Gasteiger partial charge in [-0.1, -0.05) is 18.5 Å². The van der Waals surface area contributed by atoms with Crippen LogP contribution in [0.25, 0.3) is 0 Å². The fraction of sp³-hybridized carbons (Fsp3) is 0.417. The van der Waals surface area contributed by atoms with E-state index in [0.717, 1.165) is 30.1 Å². The third-order valence-corrected chi connectivity index (χ3v) is 6.32. The van der Waals surface area contributed by atoms with E-state index in [-0.39, 0.29) is 23.8 Å². The molecule has 1 saturated carbocycles. The monoisotopic (exact) mass is 426 g/mol. The average molecular weight is 427 g/mol. The molecule has 0 radical (unpaired) electrons. The van der Waals surface area contributed by atoms with Crippen LogP contribution in [0, 0.1) is 11.8 Å². The molecule has 4 rings (SSSR count). The van der Waals surface area contributed by atoms with Crippen molar-refractivity contribution in [1.82, 2.24) is 5.32 Å². The van der Waals surface area contributed by atoms with Gasteiger partial charge in [0.15, 0.2) is 0 Å². The van der Waals surface area contributed by atoms with E-state index >= 15 is 0 Å². The third kappa shape index (κ3) is 4.96. The van der Waals surface area contributed by atoms with Gasteiger partial charge in [-0.05, 0) is 86.1 Å². The second-order valence-corrected chi connectivity index (χ2v) is 8.90. The Balaban J connectivity index is 1.38. The van der Waals surface area contributed by atoms with Gasteiger partial charge in [-0.3, -0.25) is 9.59 Å². The predicted molar refractivity (Wildman–Crippen MR) is 118 cm³/mol. The number of rotatable bonds is 4. The molecule has 6 heteroatoms. The van der Waals surface area contributed by atoms with Gasteiger partial charge in [-0.2, -0.15) is 0 Å². The van der Waals surface area contributed by atoms with Crippen molar-refractivity contribution in [3.63, 3.8) is 0 Å². The summed E-state index contributed by atoms with van der Waals surface area (Å²) in [6, 6.07) is 12.6. The van der Waals surface area contributed by atoms with Crippen LogP contribution in [-0.2, 0) is 11.2 Å². The number of halogens is 1. The van der Waals surface area contributed by atoms with E-state index in [1.807, 2.05) is 18.2 Å². The Hall–Kier alpha value is -2.53. The van der Waals surface area contributed by atoms with E-state index in [1.165, 1.54) is 12.8 Å². The highest BCUT2D eigenvalue weighted by molar-refractivity contribution is 6.30. The molecule has 158 valence electrons. The van der Waals surface area contributed by atoms with Crippen molar-refractivity contribution >= 4 is 29.1 Å². The lowest BCUT2D eigenvalue weighted by atomic mass is 9.87. The standard InChI is InChI=1S/C24H27ClN2O3/c1-15-2-8-20(9-3-15)26-24(29)18-12-17-13-21(10-11-22(17)30-14-18)27-23(28)16-4-6-19(25)7-5-16/h4-7,10-11,13,15,18,20H,2-3,8-9,12,14H2,1H3,(H,26,29)(H,27,28)/t15?,18-,20?/m1/s1. The van der Waals surface area contributed by atoms with Gasteiger partial charge in [-0.25, -0.2) is 0 Å². The largest absolute Gasteiger partial charge is 0.492 e. The minimum Gasteiger partial charge on any atom is -0.492 e. The molecule has 1 atom stereocenters. The van der Waals surface area contributed by atoms with Gasteiger partial charge in [0, 0.05) is 22.3 Å². The molecule has 0 aromatic heterocycles. The Bertz CT molecular complexity index is 921. The zero-order valence-electron chi connectivity index (χ0n) is 17.1. The molecule has 0 unspecified atom stereocenters. The molecule has 1 aliphatic carbocycles. The normalized spacial score (nSPS) is 23.1. The Morgan fingerprint density at radius 3 is 2.50 bits per heavy atom. The Kier molecular flexibility index (Phi) is 6.28. The number of hydrogen-bond donors (Lipinski definition) is 2. The Morgan fingerprint density at radius 2 is 1.77 bits per heavy atom. The van der Waals surface area contributed by atoms with Crippen LogP contribution < -0.4 is 15.4 Å². The number of benzene rings is 2. The van der Waals surface area contributed by atoms with Gasteiger partial charge in [-0.15, -0.1) is 0 Å². The summed E-state index contributed by atoms with van der Waals surface area (Å²) in [5, 5.41) is 6.70. The zero-order chi connectivity index (χ0) is 21.1. The minimum absolute atomic E-state index is 0.0656. The molecule has 30 heavy (non-hydrogen) atoms. The van der Waals surface area contributed by atoms with Crippen molar-refractivity contribution in [2.75, 3.05) is 11.9 Å². The lowest BCUT2D eigenvalue weighted by Crippen LogP contribution is -2.43. The van der Waals surface area contributed by atoms with E-state index < -0.39 is 0 Å². The van der Waals surface area contributed by atoms with Crippen LogP contribution in [0.15, 0.2) is 42.5 Å². The highest BCUT2D eigenvalue weighted by Gasteiger charge is 2.29. The summed E-state index contributed by atoms with van der Waals surface area (Å²) in [4.78, 5) is 25.2. The van der Waals surface area contributed by atoms with E-state index in [0.29, 0.717) is 29.3 Å². The molecule has 1 aliphatic heterocycles. The molecule has 5 nitrogen and oxygen atoms in total. The van der Waals surface area contributed by atoms with Crippen molar-refractivity contribution in [3.05, 3.63) is 58.6 Å². The van der Waals surface area contributed by atoms with Gasteiger partial charge < -0.3 is 15.4 Å². The summed E-state index contributed by atoms with van der Waals surface area (Å²) < 4.78 is 5.83. The first-order valence-electron chi connectivity index (χ1n) is 10.6. The Labute approximate surface area is 182 Å². The van der Waals surface area contributed by atoms with Crippen LogP contribution in [0.2, 0.25) is 5.02 Å². The van der Waals surface area contributed by atoms with Crippen molar-refractivity contribution in [1.29, 1.82) is 0 Å². The second kappa shape index (κ2) is 9.09. The van der Waals surface area contributed by atoms with E-state index in [4.69, 9.17) is 16.3 Å². The van der Waals surface area contributed by atoms with Crippen molar-refractivity contribution in [3.8, 4) is 5.75 Å². The maximum atomic E-state index is 12.8. The molecule has 0 bridgehead atoms. The number of amides is 2. The molecule has 2 aromatic carbocycles. The molecule has 1 fully saturated rings. The first-order chi connectivity index (χ1) is 14.5. The minimum atomic E-state index is -0.209. The van der Waals surface area contributed by atoms with Crippen LogP contribution in [0.3, 0.4) is 0 Å². The van der Waals surface area contributed by atoms with Crippen LogP contribution in [0.4, 0.5) is 5.69 Å². The highest BCUT2D eigenvalue weighted by Crippen LogP contribution is 2.31. The number of carbonyl (C=O) groups is 2. The van der Waals surface area contributed by atoms with Crippen LogP contribution in [0.5, 0.6) is 5.75 Å². The topological polar surface area (TPSA) is 67.4 Å². The maximum absolute atomic E-state index is 12.8. The lowest BCUT2D eigenvalue weighted by molar-refractivity contribution is -0.127.